The van der Waals surface area contributed by atoms with Gasteiger partial charge in [-0.2, -0.15) is 0 Å². The lowest BCUT2D eigenvalue weighted by atomic mass is 9.51. The van der Waals surface area contributed by atoms with Crippen molar-refractivity contribution in [2.75, 3.05) is 26.2 Å². The van der Waals surface area contributed by atoms with E-state index < -0.39 is 87.8 Å². The summed E-state index contributed by atoms with van der Waals surface area (Å²) in [7, 11) is 4.94. The van der Waals surface area contributed by atoms with Gasteiger partial charge < -0.3 is 57.9 Å². The minimum absolute atomic E-state index is 0.0731. The summed E-state index contributed by atoms with van der Waals surface area (Å²) in [6.45, 7) is 37.2. The first-order chi connectivity index (χ1) is 49.4. The van der Waals surface area contributed by atoms with E-state index in [-0.39, 0.29) is 36.9 Å². The summed E-state index contributed by atoms with van der Waals surface area (Å²) >= 11 is 6.39. The molecular weight excluding hydrogens is 1330 g/mol. The van der Waals surface area contributed by atoms with E-state index in [1.54, 1.807) is 49.5 Å². The lowest BCUT2D eigenvalue weighted by molar-refractivity contribution is -0.240. The number of amides is 2. The number of carbonyl (C=O) groups is 5. The van der Waals surface area contributed by atoms with Crippen molar-refractivity contribution in [2.24, 2.45) is 28.1 Å². The molecule has 2 amide bonds. The summed E-state index contributed by atoms with van der Waals surface area (Å²) in [5.41, 5.74) is -4.06. The van der Waals surface area contributed by atoms with Crippen LogP contribution in [-0.2, 0) is 56.0 Å². The van der Waals surface area contributed by atoms with Crippen LogP contribution in [0.15, 0.2) is 152 Å². The summed E-state index contributed by atoms with van der Waals surface area (Å²) in [6, 6.07) is 45.4. The van der Waals surface area contributed by atoms with Crippen LogP contribution in [0.2, 0.25) is 5.02 Å². The summed E-state index contributed by atoms with van der Waals surface area (Å²) in [4.78, 5) is 73.2. The molecule has 5 heterocycles. The van der Waals surface area contributed by atoms with Gasteiger partial charge in [-0.25, -0.2) is 19.0 Å². The summed E-state index contributed by atoms with van der Waals surface area (Å²) in [5, 5.41) is 26.8. The number of nitrogens with zero attached hydrogens (tertiary/aromatic N) is 3. The molecule has 1 aromatic heterocycles. The van der Waals surface area contributed by atoms with Crippen LogP contribution in [-0.4, -0.2) is 119 Å². The molecule has 20 heteroatoms. The number of hydrogen-bond acceptors (Lipinski definition) is 16. The van der Waals surface area contributed by atoms with Crippen LogP contribution in [0.3, 0.4) is 0 Å². The zero-order valence-electron chi connectivity index (χ0n) is 64.2. The Labute approximate surface area is 614 Å². The van der Waals surface area contributed by atoms with Gasteiger partial charge in [-0.1, -0.05) is 213 Å². The molecule has 12 atom stereocenters. The van der Waals surface area contributed by atoms with Crippen molar-refractivity contribution in [3.63, 3.8) is 0 Å². The standard InChI is InChI=1S/C27H30O10.C23H22FNO4.C21H21ClN2O.6C2H6/c1-12-19(29)35-17-16(28)25-15-10-14(23(2,3)4)24(25)18(33-11-13-8-6-5-7-9-13)20(30)36-22(24)37-27(25,21(31)34-15)26(12,17)32;1-16(26)25(15-17-13-20(27-2)10-12-22(17)28-3)21-14-18(24)9-11-23(21)29-19-7-5-4-6-8-19;1-4-14(2)24(3)21(25)19-13-15-9-5-6-10-16(15)20(23-19)17-11-7-8-12-18(17)22;6*1-2/h5-9,12,14-18,22,28,32H,10-11H2,1-4H3;4-14H,15H2,1-3H3;5-14H,4H2,1-3H3;6*1-2H3/t12-,14+,15?,16+,17+,18?,22?,24?,25?,26-,27+;;;;;;;;/m1......../s1. The monoisotopic (exact) mass is 1440 g/mol. The largest absolute Gasteiger partial charge is 0.497 e. The van der Waals surface area contributed by atoms with Gasteiger partial charge in [0.05, 0.1) is 55.5 Å². The van der Waals surface area contributed by atoms with E-state index in [1.807, 2.05) is 221 Å². The van der Waals surface area contributed by atoms with Gasteiger partial charge in [-0.05, 0) is 104 Å². The van der Waals surface area contributed by atoms with E-state index in [9.17, 15) is 38.6 Å². The number of benzene rings is 6. The molecule has 0 radical (unpaired) electrons. The fourth-order valence-corrected chi connectivity index (χ4v) is 15.0. The molecule has 0 bridgehead atoms. The molecule has 2 N–H and O–H groups in total. The molecule has 13 rings (SSSR count). The van der Waals surface area contributed by atoms with Crippen LogP contribution in [0.25, 0.3) is 22.0 Å². The van der Waals surface area contributed by atoms with Gasteiger partial charge in [0.15, 0.2) is 23.6 Å². The van der Waals surface area contributed by atoms with E-state index >= 15 is 0 Å². The van der Waals surface area contributed by atoms with Crippen LogP contribution >= 0.6 is 11.6 Å². The molecule has 6 fully saturated rings. The van der Waals surface area contributed by atoms with E-state index in [2.05, 4.69) is 6.92 Å². The van der Waals surface area contributed by atoms with Crippen molar-refractivity contribution in [2.45, 2.75) is 205 Å². The number of fused-ring (bicyclic) bond motifs is 2. The number of aliphatic hydroxyl groups is 2. The van der Waals surface area contributed by atoms with E-state index in [1.165, 1.54) is 36.9 Å². The number of halogens is 2. The van der Waals surface area contributed by atoms with Crippen LogP contribution in [0, 0.1) is 33.9 Å². The van der Waals surface area contributed by atoms with Gasteiger partial charge in [0.25, 0.3) is 5.91 Å². The normalized spacial score (nSPS) is 24.5. The molecule has 103 heavy (non-hydrogen) atoms. The Balaban J connectivity index is 0.000000263. The SMILES string of the molecule is CC.CC.CC.CC.CC.CC.CCC(C)N(C)C(=O)c1cc2ccccc2c(-c2ccccc2Cl)n1.COc1ccc(OC)c(CN(C(C)=O)c2cc(F)ccc2Oc2ccccc2)c1.C[C@@H]1C(=O)O[C@H]2[C@H](O)C34C5C[C@@H](C(C)(C)C)C36C(OC(=O)C6OCc3ccccc3)O[C@]4(C(=O)O5)[C@@]12O. The number of rotatable bonds is 14. The molecule has 2 saturated carbocycles. The van der Waals surface area contributed by atoms with Crippen molar-refractivity contribution in [3.05, 3.63) is 179 Å². The van der Waals surface area contributed by atoms with Crippen LogP contribution in [0.1, 0.15) is 166 Å². The molecule has 4 saturated heterocycles. The van der Waals surface area contributed by atoms with E-state index in [4.69, 9.17) is 54.5 Å². The number of para-hydroxylation sites is 1. The van der Waals surface area contributed by atoms with Crippen LogP contribution < -0.4 is 19.1 Å². The van der Waals surface area contributed by atoms with Crippen LogP contribution in [0.5, 0.6) is 23.0 Å². The highest BCUT2D eigenvalue weighted by Gasteiger charge is 3.04. The number of pyridine rings is 1. The Bertz CT molecular complexity index is 3950. The third kappa shape index (κ3) is 15.5. The lowest BCUT2D eigenvalue weighted by Gasteiger charge is -2.48. The first-order valence-corrected chi connectivity index (χ1v) is 36.6. The van der Waals surface area contributed by atoms with Crippen molar-refractivity contribution in [3.8, 4) is 34.3 Å². The fraction of sp³-hybridized carbons (Fsp3) is 0.470. The molecule has 6 unspecified atom stereocenters. The predicted octanol–water partition coefficient (Wildman–Crippen LogP) is 17.6. The number of esters is 3. The minimum atomic E-state index is -2.23. The molecule has 6 aromatic carbocycles. The molecule has 2 spiro atoms. The zero-order valence-corrected chi connectivity index (χ0v) is 64.9. The average Bonchev–Trinajstić information content (AvgIpc) is 1.42. The Morgan fingerprint density at radius 1 is 0.738 bits per heavy atom. The molecule has 7 aromatic rings. The number of ether oxygens (including phenoxy) is 8. The number of aromatic nitrogens is 1. The third-order valence-corrected chi connectivity index (χ3v) is 19.6. The maximum Gasteiger partial charge on any atom is 0.343 e. The molecular formula is C83H109ClFN3O15. The molecule has 18 nitrogen and oxygen atoms in total. The summed E-state index contributed by atoms with van der Waals surface area (Å²) < 4.78 is 60.6. The Kier molecular flexibility index (Phi) is 30.9. The van der Waals surface area contributed by atoms with Crippen molar-refractivity contribution in [1.82, 2.24) is 9.88 Å². The van der Waals surface area contributed by atoms with Crippen molar-refractivity contribution in [1.29, 1.82) is 0 Å². The second-order valence-electron chi connectivity index (χ2n) is 25.0. The Morgan fingerprint density at radius 2 is 1.33 bits per heavy atom. The van der Waals surface area contributed by atoms with Gasteiger partial charge >= 0.3 is 17.9 Å². The zero-order chi connectivity index (χ0) is 77.1. The number of methoxy groups -OCH3 is 2. The highest BCUT2D eigenvalue weighted by Crippen LogP contribution is 2.85. The third-order valence-electron chi connectivity index (χ3n) is 19.3. The first-order valence-electron chi connectivity index (χ1n) is 36.2. The molecule has 2 aliphatic carbocycles. The maximum atomic E-state index is 14.1. The second-order valence-corrected chi connectivity index (χ2v) is 25.4. The van der Waals surface area contributed by atoms with E-state index in [0.29, 0.717) is 45.8 Å². The topological polar surface area (TPSA) is 219 Å². The van der Waals surface area contributed by atoms with Crippen molar-refractivity contribution < 1.29 is 76.5 Å². The van der Waals surface area contributed by atoms with Gasteiger partial charge in [-0.3, -0.25) is 14.4 Å². The summed E-state index contributed by atoms with van der Waals surface area (Å²) in [5.74, 6) is -2.51. The highest BCUT2D eigenvalue weighted by atomic mass is 35.5. The predicted molar refractivity (Wildman–Crippen MR) is 402 cm³/mol. The highest BCUT2D eigenvalue weighted by molar-refractivity contribution is 6.33. The first kappa shape index (κ1) is 85.2. The van der Waals surface area contributed by atoms with Gasteiger partial charge in [-0.15, -0.1) is 0 Å². The fourth-order valence-electron chi connectivity index (χ4n) is 14.8. The van der Waals surface area contributed by atoms with Gasteiger partial charge in [0, 0.05) is 47.6 Å². The smallest absolute Gasteiger partial charge is 0.343 e. The molecule has 560 valence electrons. The Morgan fingerprint density at radius 3 is 1.92 bits per heavy atom. The Hall–Kier alpha value is -8.46. The van der Waals surface area contributed by atoms with Gasteiger partial charge in [0.1, 0.15) is 41.0 Å². The van der Waals surface area contributed by atoms with Gasteiger partial charge in [0.2, 0.25) is 17.8 Å². The number of hydrogen-bond donors (Lipinski definition) is 2. The second kappa shape index (κ2) is 37.3. The van der Waals surface area contributed by atoms with E-state index in [0.717, 1.165) is 39.6 Å². The quantitative estimate of drug-likeness (QED) is 0.0764. The maximum absolute atomic E-state index is 14.1. The number of carbonyl (C=O) groups excluding carboxylic acids is 5. The number of aliphatic hydroxyl groups excluding tert-OH is 1. The minimum Gasteiger partial charge on any atom is -0.497 e. The average molecular weight is 1440 g/mol. The lowest BCUT2D eigenvalue weighted by Crippen LogP contribution is -2.67. The van der Waals surface area contributed by atoms with Crippen molar-refractivity contribution >= 4 is 57.8 Å². The summed E-state index contributed by atoms with van der Waals surface area (Å²) in [6.07, 6.45) is -5.27. The molecule has 4 aliphatic heterocycles. The number of anilines is 1. The molecule has 6 aliphatic rings. The van der Waals surface area contributed by atoms with Crippen LogP contribution in [0.4, 0.5) is 10.1 Å².